The summed E-state index contributed by atoms with van der Waals surface area (Å²) in [7, 11) is 0. The zero-order valence-electron chi connectivity index (χ0n) is 12.2. The van der Waals surface area contributed by atoms with Gasteiger partial charge < -0.3 is 10.0 Å². The molecule has 0 atom stereocenters. The van der Waals surface area contributed by atoms with Crippen molar-refractivity contribution in [2.45, 2.75) is 33.2 Å². The Bertz CT molecular complexity index is 460. The third-order valence-corrected chi connectivity index (χ3v) is 4.14. The summed E-state index contributed by atoms with van der Waals surface area (Å²) in [5.74, 6) is 0.163. The number of aromatic hydroxyl groups is 1. The molecule has 2 rings (SSSR count). The van der Waals surface area contributed by atoms with Gasteiger partial charge in [-0.3, -0.25) is 4.90 Å². The lowest BCUT2D eigenvalue weighted by Gasteiger charge is -2.43. The Labute approximate surface area is 120 Å². The molecule has 0 spiro atoms. The van der Waals surface area contributed by atoms with Crippen molar-refractivity contribution in [2.75, 3.05) is 31.1 Å². The number of hydrogen-bond acceptors (Lipinski definition) is 3. The fourth-order valence-electron chi connectivity index (χ4n) is 2.61. The van der Waals surface area contributed by atoms with Crippen molar-refractivity contribution < 1.29 is 5.11 Å². The molecule has 0 saturated carbocycles. The number of anilines is 1. The van der Waals surface area contributed by atoms with E-state index in [4.69, 9.17) is 11.6 Å². The van der Waals surface area contributed by atoms with E-state index in [1.165, 1.54) is 0 Å². The van der Waals surface area contributed by atoms with E-state index in [0.29, 0.717) is 5.02 Å². The van der Waals surface area contributed by atoms with Gasteiger partial charge >= 0.3 is 0 Å². The first-order chi connectivity index (χ1) is 8.79. The van der Waals surface area contributed by atoms with Crippen molar-refractivity contribution in [2.24, 2.45) is 0 Å². The number of hydrogen-bond donors (Lipinski definition) is 1. The maximum absolute atomic E-state index is 9.61. The summed E-state index contributed by atoms with van der Waals surface area (Å²) in [5, 5.41) is 10.0. The molecule has 1 fully saturated rings. The smallest absolute Gasteiger partial charge is 0.134 e. The van der Waals surface area contributed by atoms with Gasteiger partial charge in [0.2, 0.25) is 0 Å². The monoisotopic (exact) mass is 282 g/mol. The van der Waals surface area contributed by atoms with Gasteiger partial charge in [0, 0.05) is 37.4 Å². The van der Waals surface area contributed by atoms with Crippen LogP contribution in [-0.4, -0.2) is 41.7 Å². The van der Waals surface area contributed by atoms with Crippen molar-refractivity contribution >= 4 is 17.3 Å². The second-order valence-electron chi connectivity index (χ2n) is 6.24. The Hall–Kier alpha value is -0.930. The van der Waals surface area contributed by atoms with Crippen molar-refractivity contribution in [1.82, 2.24) is 4.90 Å². The number of aryl methyl sites for hydroxylation is 1. The van der Waals surface area contributed by atoms with Crippen LogP contribution in [0.5, 0.6) is 5.75 Å². The lowest BCUT2D eigenvalue weighted by Crippen LogP contribution is -2.53. The summed E-state index contributed by atoms with van der Waals surface area (Å²) >= 11 is 6.02. The largest absolute Gasteiger partial charge is 0.506 e. The van der Waals surface area contributed by atoms with Gasteiger partial charge in [0.25, 0.3) is 0 Å². The minimum absolute atomic E-state index is 0.163. The van der Waals surface area contributed by atoms with Crippen LogP contribution in [0.3, 0.4) is 0 Å². The van der Waals surface area contributed by atoms with Crippen molar-refractivity contribution in [1.29, 1.82) is 0 Å². The molecule has 1 aromatic carbocycles. The quantitative estimate of drug-likeness (QED) is 0.856. The van der Waals surface area contributed by atoms with Crippen LogP contribution < -0.4 is 4.90 Å². The number of benzene rings is 1. The van der Waals surface area contributed by atoms with E-state index in [1.807, 2.05) is 13.0 Å². The molecular weight excluding hydrogens is 260 g/mol. The first kappa shape index (κ1) is 14.5. The highest BCUT2D eigenvalue weighted by Crippen LogP contribution is 2.32. The van der Waals surface area contributed by atoms with E-state index >= 15 is 0 Å². The predicted molar refractivity (Wildman–Crippen MR) is 81.4 cm³/mol. The minimum atomic E-state index is 0.163. The van der Waals surface area contributed by atoms with E-state index in [9.17, 15) is 5.11 Å². The Morgan fingerprint density at radius 2 is 1.68 bits per heavy atom. The number of phenols is 1. The summed E-state index contributed by atoms with van der Waals surface area (Å²) in [5.41, 5.74) is 2.44. The average molecular weight is 283 g/mol. The lowest BCUT2D eigenvalue weighted by atomic mass is 10.0. The standard InChI is InChI=1S/C15H23ClN2O/c1-11-9-14(19)12(16)10-13(11)17-5-7-18(8-6-17)15(2,3)4/h9-10,19H,5-8H2,1-4H3. The van der Waals surface area contributed by atoms with Gasteiger partial charge in [-0.05, 0) is 45.4 Å². The molecule has 0 aliphatic carbocycles. The van der Waals surface area contributed by atoms with E-state index in [1.54, 1.807) is 6.07 Å². The molecule has 0 unspecified atom stereocenters. The minimum Gasteiger partial charge on any atom is -0.506 e. The predicted octanol–water partition coefficient (Wildman–Crippen LogP) is 3.27. The van der Waals surface area contributed by atoms with Crippen LogP contribution in [0.4, 0.5) is 5.69 Å². The third kappa shape index (κ3) is 3.15. The molecule has 19 heavy (non-hydrogen) atoms. The molecular formula is C15H23ClN2O. The topological polar surface area (TPSA) is 26.7 Å². The summed E-state index contributed by atoms with van der Waals surface area (Å²) in [6.07, 6.45) is 0. The zero-order chi connectivity index (χ0) is 14.2. The second-order valence-corrected chi connectivity index (χ2v) is 6.64. The number of nitrogens with zero attached hydrogens (tertiary/aromatic N) is 2. The van der Waals surface area contributed by atoms with Gasteiger partial charge in [0.15, 0.2) is 0 Å². The lowest BCUT2D eigenvalue weighted by molar-refractivity contribution is 0.128. The average Bonchev–Trinajstić information content (AvgIpc) is 2.33. The first-order valence-corrected chi connectivity index (χ1v) is 7.16. The number of rotatable bonds is 1. The summed E-state index contributed by atoms with van der Waals surface area (Å²) < 4.78 is 0. The van der Waals surface area contributed by atoms with Crippen LogP contribution in [0.1, 0.15) is 26.3 Å². The van der Waals surface area contributed by atoms with Crippen LogP contribution in [0.15, 0.2) is 12.1 Å². The van der Waals surface area contributed by atoms with Crippen LogP contribution in [-0.2, 0) is 0 Å². The highest BCUT2D eigenvalue weighted by molar-refractivity contribution is 6.32. The molecule has 1 heterocycles. The SMILES string of the molecule is Cc1cc(O)c(Cl)cc1N1CCN(C(C)(C)C)CC1. The molecule has 0 bridgehead atoms. The first-order valence-electron chi connectivity index (χ1n) is 6.78. The molecule has 1 aliphatic rings. The number of halogens is 1. The van der Waals surface area contributed by atoms with Crippen molar-refractivity contribution in [3.63, 3.8) is 0 Å². The van der Waals surface area contributed by atoms with Crippen LogP contribution in [0, 0.1) is 6.92 Å². The second kappa shape index (κ2) is 5.22. The number of piperazine rings is 1. The van der Waals surface area contributed by atoms with Gasteiger partial charge in [0.05, 0.1) is 5.02 Å². The highest BCUT2D eigenvalue weighted by Gasteiger charge is 2.26. The Morgan fingerprint density at radius 1 is 1.11 bits per heavy atom. The Morgan fingerprint density at radius 3 is 2.21 bits per heavy atom. The van der Waals surface area contributed by atoms with Gasteiger partial charge in [-0.1, -0.05) is 11.6 Å². The molecule has 1 N–H and O–H groups in total. The highest BCUT2D eigenvalue weighted by atomic mass is 35.5. The van der Waals surface area contributed by atoms with Gasteiger partial charge in [-0.15, -0.1) is 0 Å². The maximum Gasteiger partial charge on any atom is 0.134 e. The van der Waals surface area contributed by atoms with E-state index in [0.717, 1.165) is 37.4 Å². The fourth-order valence-corrected chi connectivity index (χ4v) is 2.77. The summed E-state index contributed by atoms with van der Waals surface area (Å²) in [6.45, 7) is 12.9. The van der Waals surface area contributed by atoms with Crippen molar-refractivity contribution in [3.05, 3.63) is 22.7 Å². The maximum atomic E-state index is 9.61. The molecule has 0 aromatic heterocycles. The molecule has 1 aromatic rings. The van der Waals surface area contributed by atoms with Gasteiger partial charge in [-0.2, -0.15) is 0 Å². The molecule has 4 heteroatoms. The number of phenolic OH excluding ortho intramolecular Hbond substituents is 1. The van der Waals surface area contributed by atoms with E-state index < -0.39 is 0 Å². The van der Waals surface area contributed by atoms with Crippen LogP contribution >= 0.6 is 11.6 Å². The van der Waals surface area contributed by atoms with E-state index in [-0.39, 0.29) is 11.3 Å². The zero-order valence-corrected chi connectivity index (χ0v) is 13.0. The third-order valence-electron chi connectivity index (χ3n) is 3.83. The Balaban J connectivity index is 2.12. The Kier molecular flexibility index (Phi) is 3.98. The fraction of sp³-hybridized carbons (Fsp3) is 0.600. The van der Waals surface area contributed by atoms with E-state index in [2.05, 4.69) is 30.6 Å². The van der Waals surface area contributed by atoms with Gasteiger partial charge in [-0.25, -0.2) is 0 Å². The summed E-state index contributed by atoms with van der Waals surface area (Å²) in [6, 6.07) is 3.62. The molecule has 106 valence electrons. The molecule has 0 amide bonds. The molecule has 1 saturated heterocycles. The summed E-state index contributed by atoms with van der Waals surface area (Å²) in [4.78, 5) is 4.85. The van der Waals surface area contributed by atoms with Crippen LogP contribution in [0.2, 0.25) is 5.02 Å². The molecule has 1 aliphatic heterocycles. The van der Waals surface area contributed by atoms with Gasteiger partial charge in [0.1, 0.15) is 5.75 Å². The molecule has 0 radical (unpaired) electrons. The van der Waals surface area contributed by atoms with Crippen molar-refractivity contribution in [3.8, 4) is 5.75 Å². The van der Waals surface area contributed by atoms with Crippen LogP contribution in [0.25, 0.3) is 0 Å². The normalized spacial score (nSPS) is 17.8. The molecule has 3 nitrogen and oxygen atoms in total.